The van der Waals surface area contributed by atoms with Crippen molar-refractivity contribution in [2.45, 2.75) is 50.8 Å². The lowest BCUT2D eigenvalue weighted by molar-refractivity contribution is 0.0906. The molecule has 3 atom stereocenters. The highest BCUT2D eigenvalue weighted by Crippen LogP contribution is 2.27. The molecule has 2 fully saturated rings. The van der Waals surface area contributed by atoms with Crippen LogP contribution in [0, 0.1) is 6.92 Å². The third kappa shape index (κ3) is 3.39. The van der Waals surface area contributed by atoms with Gasteiger partial charge in [-0.1, -0.05) is 0 Å². The third-order valence-electron chi connectivity index (χ3n) is 5.67. The number of nitrogens with one attached hydrogen (secondary N) is 1. The number of carbonyl (C=O) groups excluding carboxylic acids is 1. The first-order valence-electron chi connectivity index (χ1n) is 9.46. The van der Waals surface area contributed by atoms with Gasteiger partial charge in [-0.15, -0.1) is 0 Å². The number of β-amino-alcohol motifs (C(OH)–C–C–N with tert-alkyl or cyclic N) is 1. The summed E-state index contributed by atoms with van der Waals surface area (Å²) in [6.45, 7) is 3.66. The van der Waals surface area contributed by atoms with Gasteiger partial charge >= 0.3 is 0 Å². The SMILES string of the molecule is Cc1ccnn1-c1ccc(C(=O)N[C@@H]2CCC[C@@H]2N2CCC(O)C2)cc1. The third-order valence-corrected chi connectivity index (χ3v) is 5.67. The zero-order valence-electron chi connectivity index (χ0n) is 15.1. The van der Waals surface area contributed by atoms with Gasteiger partial charge in [-0.2, -0.15) is 5.10 Å². The first kappa shape index (κ1) is 17.2. The van der Waals surface area contributed by atoms with E-state index < -0.39 is 0 Å². The summed E-state index contributed by atoms with van der Waals surface area (Å²) in [5, 5.41) is 17.3. The van der Waals surface area contributed by atoms with Gasteiger partial charge in [-0.05, 0) is 62.9 Å². The molecule has 2 N–H and O–H groups in total. The molecule has 0 radical (unpaired) electrons. The zero-order chi connectivity index (χ0) is 18.1. The smallest absolute Gasteiger partial charge is 0.251 e. The minimum atomic E-state index is -0.217. The van der Waals surface area contributed by atoms with Crippen molar-refractivity contribution in [1.29, 1.82) is 0 Å². The van der Waals surface area contributed by atoms with Gasteiger partial charge < -0.3 is 10.4 Å². The van der Waals surface area contributed by atoms with Crippen LogP contribution in [0.5, 0.6) is 0 Å². The summed E-state index contributed by atoms with van der Waals surface area (Å²) in [6, 6.07) is 10.0. The Morgan fingerprint density at radius 3 is 2.65 bits per heavy atom. The lowest BCUT2D eigenvalue weighted by Crippen LogP contribution is -2.48. The van der Waals surface area contributed by atoms with Gasteiger partial charge in [0, 0.05) is 42.6 Å². The molecule has 1 aliphatic carbocycles. The molecule has 2 aromatic rings. The normalized spacial score (nSPS) is 26.3. The van der Waals surface area contributed by atoms with Crippen molar-refractivity contribution in [2.75, 3.05) is 13.1 Å². The number of amides is 1. The van der Waals surface area contributed by atoms with Gasteiger partial charge in [0.25, 0.3) is 5.91 Å². The van der Waals surface area contributed by atoms with Crippen LogP contribution in [0.3, 0.4) is 0 Å². The number of benzene rings is 1. The van der Waals surface area contributed by atoms with Crippen molar-refractivity contribution in [2.24, 2.45) is 0 Å². The van der Waals surface area contributed by atoms with Gasteiger partial charge in [0.2, 0.25) is 0 Å². The number of rotatable bonds is 4. The minimum absolute atomic E-state index is 0.0228. The Hall–Kier alpha value is -2.18. The highest BCUT2D eigenvalue weighted by Gasteiger charge is 2.36. The summed E-state index contributed by atoms with van der Waals surface area (Å²) in [5.74, 6) is -0.0228. The van der Waals surface area contributed by atoms with E-state index in [1.807, 2.05) is 41.9 Å². The molecule has 1 aromatic heterocycles. The monoisotopic (exact) mass is 354 g/mol. The number of nitrogens with zero attached hydrogens (tertiary/aromatic N) is 3. The topological polar surface area (TPSA) is 70.4 Å². The van der Waals surface area contributed by atoms with Crippen molar-refractivity contribution < 1.29 is 9.90 Å². The Bertz CT molecular complexity index is 770. The van der Waals surface area contributed by atoms with Crippen molar-refractivity contribution in [1.82, 2.24) is 20.0 Å². The summed E-state index contributed by atoms with van der Waals surface area (Å²) >= 11 is 0. The van der Waals surface area contributed by atoms with E-state index in [-0.39, 0.29) is 18.1 Å². The molecule has 0 spiro atoms. The van der Waals surface area contributed by atoms with Gasteiger partial charge in [-0.3, -0.25) is 9.69 Å². The summed E-state index contributed by atoms with van der Waals surface area (Å²) in [6.07, 6.45) is 5.62. The lowest BCUT2D eigenvalue weighted by Gasteiger charge is -2.29. The lowest BCUT2D eigenvalue weighted by atomic mass is 10.1. The Morgan fingerprint density at radius 1 is 1.19 bits per heavy atom. The highest BCUT2D eigenvalue weighted by atomic mass is 16.3. The van der Waals surface area contributed by atoms with Crippen LogP contribution in [-0.2, 0) is 0 Å². The maximum atomic E-state index is 12.7. The van der Waals surface area contributed by atoms with Crippen molar-refractivity contribution in [3.8, 4) is 5.69 Å². The molecule has 0 bridgehead atoms. The first-order chi connectivity index (χ1) is 12.6. The number of hydrogen-bond donors (Lipinski definition) is 2. The van der Waals surface area contributed by atoms with Gasteiger partial charge in [0.1, 0.15) is 0 Å². The van der Waals surface area contributed by atoms with E-state index in [1.54, 1.807) is 6.20 Å². The Morgan fingerprint density at radius 2 is 2.00 bits per heavy atom. The fraction of sp³-hybridized carbons (Fsp3) is 0.500. The van der Waals surface area contributed by atoms with Gasteiger partial charge in [0.15, 0.2) is 0 Å². The average Bonchev–Trinajstić information content (AvgIpc) is 3.36. The summed E-state index contributed by atoms with van der Waals surface area (Å²) < 4.78 is 1.85. The highest BCUT2D eigenvalue weighted by molar-refractivity contribution is 5.94. The van der Waals surface area contributed by atoms with Crippen molar-refractivity contribution >= 4 is 5.91 Å². The molecule has 2 aliphatic rings. The molecule has 6 nitrogen and oxygen atoms in total. The Kier molecular flexibility index (Phi) is 4.78. The molecule has 6 heteroatoms. The van der Waals surface area contributed by atoms with E-state index in [9.17, 15) is 9.90 Å². The molecule has 1 saturated carbocycles. The van der Waals surface area contributed by atoms with Gasteiger partial charge in [-0.25, -0.2) is 4.68 Å². The quantitative estimate of drug-likeness (QED) is 0.880. The van der Waals surface area contributed by atoms with E-state index in [1.165, 1.54) is 0 Å². The predicted octanol–water partition coefficient (Wildman–Crippen LogP) is 1.90. The maximum Gasteiger partial charge on any atom is 0.251 e. The molecule has 2 heterocycles. The molecule has 1 amide bonds. The summed E-state index contributed by atoms with van der Waals surface area (Å²) in [5.41, 5.74) is 2.68. The predicted molar refractivity (Wildman–Crippen MR) is 99.4 cm³/mol. The molecule has 1 aliphatic heterocycles. The summed E-state index contributed by atoms with van der Waals surface area (Å²) in [4.78, 5) is 15.0. The first-order valence-corrected chi connectivity index (χ1v) is 9.46. The van der Waals surface area contributed by atoms with E-state index in [0.29, 0.717) is 11.6 Å². The van der Waals surface area contributed by atoms with Crippen LogP contribution >= 0.6 is 0 Å². The zero-order valence-corrected chi connectivity index (χ0v) is 15.1. The fourth-order valence-corrected chi connectivity index (χ4v) is 4.26. The molecule has 26 heavy (non-hydrogen) atoms. The second-order valence-electron chi connectivity index (χ2n) is 7.45. The number of carbonyl (C=O) groups is 1. The molecule has 1 aromatic carbocycles. The van der Waals surface area contributed by atoms with Crippen LogP contribution in [-0.4, -0.2) is 57.0 Å². The van der Waals surface area contributed by atoms with E-state index >= 15 is 0 Å². The fourth-order valence-electron chi connectivity index (χ4n) is 4.26. The molecule has 1 saturated heterocycles. The molecular weight excluding hydrogens is 328 g/mol. The number of aryl methyl sites for hydroxylation is 1. The Labute approximate surface area is 153 Å². The second-order valence-corrected chi connectivity index (χ2v) is 7.45. The second kappa shape index (κ2) is 7.21. The van der Waals surface area contributed by atoms with Crippen LogP contribution in [0.4, 0.5) is 0 Å². The Balaban J connectivity index is 1.42. The van der Waals surface area contributed by atoms with Crippen LogP contribution in [0.25, 0.3) is 5.69 Å². The number of aliphatic hydroxyl groups is 1. The van der Waals surface area contributed by atoms with E-state index in [4.69, 9.17) is 0 Å². The number of aromatic nitrogens is 2. The van der Waals surface area contributed by atoms with E-state index in [0.717, 1.165) is 50.2 Å². The van der Waals surface area contributed by atoms with Crippen LogP contribution < -0.4 is 5.32 Å². The molecule has 138 valence electrons. The van der Waals surface area contributed by atoms with Gasteiger partial charge in [0.05, 0.1) is 11.8 Å². The standard InChI is InChI=1S/C20H26N4O2/c1-14-9-11-21-24(14)16-7-5-15(6-8-16)20(26)22-18-3-2-4-19(18)23-12-10-17(25)13-23/h5-9,11,17-19,25H,2-4,10,12-13H2,1H3,(H,22,26)/t17?,18-,19+/m1/s1. The van der Waals surface area contributed by atoms with Crippen LogP contribution in [0.1, 0.15) is 41.7 Å². The number of aliphatic hydroxyl groups excluding tert-OH is 1. The largest absolute Gasteiger partial charge is 0.392 e. The molecular formula is C20H26N4O2. The van der Waals surface area contributed by atoms with E-state index in [2.05, 4.69) is 15.3 Å². The van der Waals surface area contributed by atoms with Crippen molar-refractivity contribution in [3.63, 3.8) is 0 Å². The number of likely N-dealkylation sites (tertiary alicyclic amines) is 1. The summed E-state index contributed by atoms with van der Waals surface area (Å²) in [7, 11) is 0. The average molecular weight is 354 g/mol. The van der Waals surface area contributed by atoms with Crippen molar-refractivity contribution in [3.05, 3.63) is 47.8 Å². The minimum Gasteiger partial charge on any atom is -0.392 e. The maximum absolute atomic E-state index is 12.7. The van der Waals surface area contributed by atoms with Crippen LogP contribution in [0.15, 0.2) is 36.5 Å². The molecule has 1 unspecified atom stereocenters. The number of hydrogen-bond acceptors (Lipinski definition) is 4. The van der Waals surface area contributed by atoms with Crippen LogP contribution in [0.2, 0.25) is 0 Å². The molecule has 4 rings (SSSR count).